The first kappa shape index (κ1) is 12.3. The SMILES string of the molecule is COCc1nc(CCNC(=O)c2ccco2)no1. The van der Waals surface area contributed by atoms with Crippen LogP contribution in [0.1, 0.15) is 22.3 Å². The fourth-order valence-corrected chi connectivity index (χ4v) is 1.36. The van der Waals surface area contributed by atoms with E-state index >= 15 is 0 Å². The Bertz CT molecular complexity index is 492. The van der Waals surface area contributed by atoms with Crippen molar-refractivity contribution >= 4 is 5.91 Å². The average Bonchev–Trinajstić information content (AvgIpc) is 3.00. The number of methoxy groups -OCH3 is 1. The maximum Gasteiger partial charge on any atom is 0.286 e. The maximum atomic E-state index is 11.5. The van der Waals surface area contributed by atoms with E-state index in [1.165, 1.54) is 6.26 Å². The smallest absolute Gasteiger partial charge is 0.286 e. The lowest BCUT2D eigenvalue weighted by Gasteiger charge is -1.99. The lowest BCUT2D eigenvalue weighted by molar-refractivity contribution is 0.0926. The van der Waals surface area contributed by atoms with Gasteiger partial charge in [0, 0.05) is 20.1 Å². The van der Waals surface area contributed by atoms with Crippen LogP contribution in [0.2, 0.25) is 0 Å². The molecule has 0 atom stereocenters. The number of carbonyl (C=O) groups is 1. The topological polar surface area (TPSA) is 90.4 Å². The zero-order valence-corrected chi connectivity index (χ0v) is 9.88. The molecule has 0 aliphatic rings. The number of nitrogens with zero attached hydrogens (tertiary/aromatic N) is 2. The van der Waals surface area contributed by atoms with Gasteiger partial charge < -0.3 is 19.0 Å². The van der Waals surface area contributed by atoms with Crippen molar-refractivity contribution in [2.24, 2.45) is 0 Å². The lowest BCUT2D eigenvalue weighted by atomic mass is 10.3. The first-order valence-corrected chi connectivity index (χ1v) is 5.41. The minimum Gasteiger partial charge on any atom is -0.459 e. The average molecular weight is 251 g/mol. The van der Waals surface area contributed by atoms with Gasteiger partial charge >= 0.3 is 0 Å². The number of rotatable bonds is 6. The summed E-state index contributed by atoms with van der Waals surface area (Å²) in [6, 6.07) is 3.26. The number of hydrogen-bond donors (Lipinski definition) is 1. The van der Waals surface area contributed by atoms with Gasteiger partial charge in [0.05, 0.1) is 6.26 Å². The number of hydrogen-bond acceptors (Lipinski definition) is 6. The summed E-state index contributed by atoms with van der Waals surface area (Å²) < 4.78 is 14.7. The molecule has 0 unspecified atom stereocenters. The third kappa shape index (κ3) is 3.17. The molecule has 0 aliphatic carbocycles. The predicted octanol–water partition coefficient (Wildman–Crippen LogP) is 0.781. The van der Waals surface area contributed by atoms with Crippen molar-refractivity contribution in [1.82, 2.24) is 15.5 Å². The lowest BCUT2D eigenvalue weighted by Crippen LogP contribution is -2.25. The fourth-order valence-electron chi connectivity index (χ4n) is 1.36. The number of aromatic nitrogens is 2. The van der Waals surface area contributed by atoms with Crippen LogP contribution in [0.4, 0.5) is 0 Å². The number of nitrogens with one attached hydrogen (secondary N) is 1. The molecule has 0 aliphatic heterocycles. The number of carbonyl (C=O) groups excluding carboxylic acids is 1. The summed E-state index contributed by atoms with van der Waals surface area (Å²) in [7, 11) is 1.55. The molecule has 96 valence electrons. The quantitative estimate of drug-likeness (QED) is 0.815. The van der Waals surface area contributed by atoms with E-state index in [0.29, 0.717) is 24.7 Å². The second-order valence-corrected chi connectivity index (χ2v) is 3.52. The Morgan fingerprint density at radius 1 is 1.56 bits per heavy atom. The van der Waals surface area contributed by atoms with Crippen LogP contribution in [0.5, 0.6) is 0 Å². The van der Waals surface area contributed by atoms with Gasteiger partial charge in [-0.05, 0) is 12.1 Å². The van der Waals surface area contributed by atoms with E-state index in [4.69, 9.17) is 13.7 Å². The molecule has 1 amide bonds. The summed E-state index contributed by atoms with van der Waals surface area (Å²) in [6.07, 6.45) is 1.94. The molecule has 18 heavy (non-hydrogen) atoms. The summed E-state index contributed by atoms with van der Waals surface area (Å²) >= 11 is 0. The zero-order valence-electron chi connectivity index (χ0n) is 9.88. The first-order valence-electron chi connectivity index (χ1n) is 5.41. The van der Waals surface area contributed by atoms with Crippen LogP contribution in [-0.4, -0.2) is 29.7 Å². The Labute approximate surface area is 103 Å². The van der Waals surface area contributed by atoms with Gasteiger partial charge in [-0.2, -0.15) is 4.98 Å². The summed E-state index contributed by atoms with van der Waals surface area (Å²) in [5.41, 5.74) is 0. The van der Waals surface area contributed by atoms with Crippen molar-refractivity contribution in [2.75, 3.05) is 13.7 Å². The monoisotopic (exact) mass is 251 g/mol. The first-order chi connectivity index (χ1) is 8.79. The third-order valence-corrected chi connectivity index (χ3v) is 2.16. The highest BCUT2D eigenvalue weighted by atomic mass is 16.5. The Hall–Kier alpha value is -2.15. The molecule has 2 heterocycles. The van der Waals surface area contributed by atoms with Gasteiger partial charge in [-0.15, -0.1) is 0 Å². The second-order valence-electron chi connectivity index (χ2n) is 3.52. The van der Waals surface area contributed by atoms with Crippen molar-refractivity contribution < 1.29 is 18.5 Å². The highest BCUT2D eigenvalue weighted by Gasteiger charge is 2.09. The van der Waals surface area contributed by atoms with E-state index in [1.54, 1.807) is 19.2 Å². The Kier molecular flexibility index (Phi) is 4.08. The standard InChI is InChI=1S/C11H13N3O4/c1-16-7-10-13-9(14-18-10)4-5-12-11(15)8-3-2-6-17-8/h2-3,6H,4-5,7H2,1H3,(H,12,15). The predicted molar refractivity (Wildman–Crippen MR) is 59.8 cm³/mol. The summed E-state index contributed by atoms with van der Waals surface area (Å²) in [5, 5.41) is 6.44. The van der Waals surface area contributed by atoms with E-state index in [-0.39, 0.29) is 18.3 Å². The van der Waals surface area contributed by atoms with E-state index in [2.05, 4.69) is 15.5 Å². The van der Waals surface area contributed by atoms with Gasteiger partial charge in [-0.1, -0.05) is 5.16 Å². The van der Waals surface area contributed by atoms with Crippen LogP contribution in [0.3, 0.4) is 0 Å². The molecule has 0 fully saturated rings. The van der Waals surface area contributed by atoms with Crippen LogP contribution in [0.15, 0.2) is 27.3 Å². The molecule has 0 bridgehead atoms. The molecule has 2 aromatic rings. The Morgan fingerprint density at radius 2 is 2.44 bits per heavy atom. The second kappa shape index (κ2) is 5.97. The van der Waals surface area contributed by atoms with Crippen molar-refractivity contribution in [3.05, 3.63) is 35.9 Å². The van der Waals surface area contributed by atoms with Gasteiger partial charge in [-0.25, -0.2) is 0 Å². The van der Waals surface area contributed by atoms with Crippen molar-refractivity contribution in [1.29, 1.82) is 0 Å². The molecule has 7 nitrogen and oxygen atoms in total. The molecular formula is C11H13N3O4. The van der Waals surface area contributed by atoms with Crippen molar-refractivity contribution in [3.8, 4) is 0 Å². The minimum absolute atomic E-state index is 0.263. The van der Waals surface area contributed by atoms with Gasteiger partial charge in [0.2, 0.25) is 0 Å². The molecule has 0 radical (unpaired) electrons. The molecule has 0 saturated carbocycles. The third-order valence-electron chi connectivity index (χ3n) is 2.16. The number of amides is 1. The molecule has 1 N–H and O–H groups in total. The molecule has 2 rings (SSSR count). The number of ether oxygens (including phenoxy) is 1. The van der Waals surface area contributed by atoms with Gasteiger partial charge in [0.15, 0.2) is 11.6 Å². The van der Waals surface area contributed by atoms with E-state index in [0.717, 1.165) is 0 Å². The largest absolute Gasteiger partial charge is 0.459 e. The zero-order chi connectivity index (χ0) is 12.8. The molecule has 0 aromatic carbocycles. The molecule has 0 spiro atoms. The molecule has 2 aromatic heterocycles. The maximum absolute atomic E-state index is 11.5. The molecular weight excluding hydrogens is 238 g/mol. The Morgan fingerprint density at radius 3 is 3.17 bits per heavy atom. The molecule has 0 saturated heterocycles. The summed E-state index contributed by atoms with van der Waals surface area (Å²) in [4.78, 5) is 15.6. The minimum atomic E-state index is -0.263. The van der Waals surface area contributed by atoms with Crippen LogP contribution < -0.4 is 5.32 Å². The normalized spacial score (nSPS) is 10.5. The van der Waals surface area contributed by atoms with Gasteiger partial charge in [0.1, 0.15) is 6.61 Å². The summed E-state index contributed by atoms with van der Waals surface area (Å²) in [5.74, 6) is 0.968. The highest BCUT2D eigenvalue weighted by Crippen LogP contribution is 2.01. The van der Waals surface area contributed by atoms with Crippen LogP contribution in [0, 0.1) is 0 Å². The van der Waals surface area contributed by atoms with Crippen molar-refractivity contribution in [3.63, 3.8) is 0 Å². The van der Waals surface area contributed by atoms with E-state index < -0.39 is 0 Å². The van der Waals surface area contributed by atoms with Crippen LogP contribution in [-0.2, 0) is 17.8 Å². The fraction of sp³-hybridized carbons (Fsp3) is 0.364. The van der Waals surface area contributed by atoms with Gasteiger partial charge in [-0.3, -0.25) is 4.79 Å². The Balaban J connectivity index is 1.76. The number of furan rings is 1. The van der Waals surface area contributed by atoms with Crippen molar-refractivity contribution in [2.45, 2.75) is 13.0 Å². The molecule has 7 heteroatoms. The highest BCUT2D eigenvalue weighted by molar-refractivity contribution is 5.91. The van der Waals surface area contributed by atoms with Gasteiger partial charge in [0.25, 0.3) is 11.8 Å². The van der Waals surface area contributed by atoms with E-state index in [1.807, 2.05) is 0 Å². The summed E-state index contributed by atoms with van der Waals surface area (Å²) in [6.45, 7) is 0.692. The van der Waals surface area contributed by atoms with Crippen LogP contribution in [0.25, 0.3) is 0 Å². The van der Waals surface area contributed by atoms with E-state index in [9.17, 15) is 4.79 Å². The van der Waals surface area contributed by atoms with Crippen LogP contribution >= 0.6 is 0 Å².